The lowest BCUT2D eigenvalue weighted by Gasteiger charge is -2.16. The third-order valence-corrected chi connectivity index (χ3v) is 4.48. The molecule has 0 aliphatic heterocycles. The number of carboxylic acid groups (broad SMARTS) is 1. The first kappa shape index (κ1) is 15.5. The number of phenols is 1. The molecule has 3 rings (SSSR count). The van der Waals surface area contributed by atoms with Gasteiger partial charge in [-0.1, -0.05) is 12.1 Å². The van der Waals surface area contributed by atoms with Crippen molar-refractivity contribution in [2.75, 3.05) is 0 Å². The Bertz CT molecular complexity index is 874. The van der Waals surface area contributed by atoms with Crippen LogP contribution in [-0.4, -0.2) is 20.7 Å². The molecule has 0 bridgehead atoms. The first-order valence-electron chi connectivity index (χ1n) is 6.67. The lowest BCUT2D eigenvalue weighted by atomic mass is 9.99. The lowest BCUT2D eigenvalue weighted by Crippen LogP contribution is -2.04. The van der Waals surface area contributed by atoms with Crippen LogP contribution in [0, 0.1) is 9.39 Å². The van der Waals surface area contributed by atoms with Crippen LogP contribution >= 0.6 is 22.6 Å². The lowest BCUT2D eigenvalue weighted by molar-refractivity contribution is 0.0693. The molecule has 1 aromatic heterocycles. The molecule has 0 fully saturated rings. The third kappa shape index (κ3) is 2.81. The van der Waals surface area contributed by atoms with Gasteiger partial charge in [0.05, 0.1) is 9.26 Å². The van der Waals surface area contributed by atoms with Gasteiger partial charge in [0.1, 0.15) is 17.1 Å². The molecule has 0 spiro atoms. The van der Waals surface area contributed by atoms with E-state index in [-0.39, 0.29) is 17.1 Å². The Morgan fingerprint density at radius 1 is 1.13 bits per heavy atom. The Morgan fingerprint density at radius 2 is 1.74 bits per heavy atom. The Balaban J connectivity index is 2.35. The summed E-state index contributed by atoms with van der Waals surface area (Å²) in [6, 6.07) is 10.8. The Kier molecular flexibility index (Phi) is 4.08. The molecule has 116 valence electrons. The van der Waals surface area contributed by atoms with Crippen LogP contribution in [0.15, 0.2) is 54.9 Å². The minimum absolute atomic E-state index is 0.190. The van der Waals surface area contributed by atoms with Crippen molar-refractivity contribution < 1.29 is 19.4 Å². The number of carbonyl (C=O) groups is 1. The molecule has 4 nitrogen and oxygen atoms in total. The highest BCUT2D eigenvalue weighted by molar-refractivity contribution is 14.1. The predicted molar refractivity (Wildman–Crippen MR) is 92.5 cm³/mol. The second-order valence-corrected chi connectivity index (χ2v) is 5.96. The molecular weight excluding hydrogens is 412 g/mol. The second-order valence-electron chi connectivity index (χ2n) is 4.89. The van der Waals surface area contributed by atoms with E-state index in [0.29, 0.717) is 20.4 Å². The maximum atomic E-state index is 13.2. The highest BCUT2D eigenvalue weighted by Crippen LogP contribution is 2.38. The number of hydrogen-bond acceptors (Lipinski definition) is 2. The molecule has 3 aromatic rings. The van der Waals surface area contributed by atoms with E-state index >= 15 is 0 Å². The predicted octanol–water partition coefficient (Wildman–Crippen LogP) is 4.29. The van der Waals surface area contributed by atoms with Crippen LogP contribution < -0.4 is 0 Å². The first-order chi connectivity index (χ1) is 11.0. The van der Waals surface area contributed by atoms with Gasteiger partial charge in [0, 0.05) is 18.0 Å². The molecule has 0 radical (unpaired) electrons. The molecule has 2 N–H and O–H groups in total. The van der Waals surface area contributed by atoms with E-state index in [1.807, 2.05) is 34.7 Å². The summed E-state index contributed by atoms with van der Waals surface area (Å²) in [4.78, 5) is 11.4. The molecule has 0 atom stereocenters. The van der Waals surface area contributed by atoms with Crippen molar-refractivity contribution in [2.45, 2.75) is 0 Å². The summed E-state index contributed by atoms with van der Waals surface area (Å²) in [6.45, 7) is 0. The molecule has 0 saturated carbocycles. The molecule has 6 heteroatoms. The number of hydrogen-bond donors (Lipinski definition) is 2. The zero-order chi connectivity index (χ0) is 16.6. The first-order valence-corrected chi connectivity index (χ1v) is 7.75. The number of aromatic carboxylic acids is 1. The van der Waals surface area contributed by atoms with E-state index in [4.69, 9.17) is 0 Å². The maximum Gasteiger partial charge on any atom is 0.339 e. The summed E-state index contributed by atoms with van der Waals surface area (Å²) in [6.07, 6.45) is 3.59. The standard InChI is InChI=1S/C17H11FINO3/c18-11-5-3-10(4-6-11)12-9-13(17(22)23)16(21)14(19)15(12)20-7-1-2-8-20/h1-9,21H,(H,22,23). The van der Waals surface area contributed by atoms with Crippen LogP contribution in [0.1, 0.15) is 10.4 Å². The third-order valence-electron chi connectivity index (χ3n) is 3.46. The smallest absolute Gasteiger partial charge is 0.339 e. The normalized spacial score (nSPS) is 10.7. The largest absolute Gasteiger partial charge is 0.506 e. The van der Waals surface area contributed by atoms with E-state index in [0.717, 1.165) is 0 Å². The zero-order valence-corrected chi connectivity index (χ0v) is 13.9. The van der Waals surface area contributed by atoms with Crippen LogP contribution in [0.5, 0.6) is 5.75 Å². The fourth-order valence-corrected chi connectivity index (χ4v) is 3.24. The number of benzene rings is 2. The molecule has 0 aliphatic carbocycles. The summed E-state index contributed by atoms with van der Waals surface area (Å²) >= 11 is 1.92. The number of rotatable bonds is 3. The molecule has 23 heavy (non-hydrogen) atoms. The van der Waals surface area contributed by atoms with Crippen molar-refractivity contribution in [3.05, 3.63) is 69.8 Å². The Morgan fingerprint density at radius 3 is 2.30 bits per heavy atom. The highest BCUT2D eigenvalue weighted by atomic mass is 127. The minimum atomic E-state index is -1.22. The minimum Gasteiger partial charge on any atom is -0.506 e. The van der Waals surface area contributed by atoms with E-state index < -0.39 is 5.97 Å². The fraction of sp³-hybridized carbons (Fsp3) is 0. The summed E-state index contributed by atoms with van der Waals surface area (Å²) < 4.78 is 15.4. The van der Waals surface area contributed by atoms with Gasteiger partial charge in [0.15, 0.2) is 0 Å². The molecule has 0 unspecified atom stereocenters. The SMILES string of the molecule is O=C(O)c1cc(-c2ccc(F)cc2)c(-n2cccc2)c(I)c1O. The molecule has 0 amide bonds. The monoisotopic (exact) mass is 423 g/mol. The van der Waals surface area contributed by atoms with Crippen molar-refractivity contribution in [1.82, 2.24) is 4.57 Å². The molecular formula is C17H11FINO3. The average Bonchev–Trinajstić information content (AvgIpc) is 3.04. The van der Waals surface area contributed by atoms with Crippen LogP contribution in [0.4, 0.5) is 4.39 Å². The molecule has 0 aliphatic rings. The van der Waals surface area contributed by atoms with Crippen molar-refractivity contribution in [3.63, 3.8) is 0 Å². The van der Waals surface area contributed by atoms with Gasteiger partial charge in [-0.25, -0.2) is 9.18 Å². The maximum absolute atomic E-state index is 13.2. The van der Waals surface area contributed by atoms with Crippen molar-refractivity contribution >= 4 is 28.6 Å². The van der Waals surface area contributed by atoms with Crippen LogP contribution in [0.2, 0.25) is 0 Å². The van der Waals surface area contributed by atoms with Gasteiger partial charge in [-0.3, -0.25) is 0 Å². The summed E-state index contributed by atoms with van der Waals surface area (Å²) in [5.74, 6) is -1.88. The van der Waals surface area contributed by atoms with E-state index in [1.54, 1.807) is 29.1 Å². The van der Waals surface area contributed by atoms with Gasteiger partial charge < -0.3 is 14.8 Å². The van der Waals surface area contributed by atoms with Crippen LogP contribution in [-0.2, 0) is 0 Å². The van der Waals surface area contributed by atoms with E-state index in [9.17, 15) is 19.4 Å². The van der Waals surface area contributed by atoms with E-state index in [1.165, 1.54) is 18.2 Å². The Labute approximate surface area is 145 Å². The van der Waals surface area contributed by atoms with Crippen LogP contribution in [0.25, 0.3) is 16.8 Å². The van der Waals surface area contributed by atoms with Crippen molar-refractivity contribution in [2.24, 2.45) is 0 Å². The highest BCUT2D eigenvalue weighted by Gasteiger charge is 2.21. The summed E-state index contributed by atoms with van der Waals surface area (Å²) in [5, 5.41) is 19.5. The van der Waals surface area contributed by atoms with Gasteiger partial charge in [-0.05, 0) is 58.5 Å². The number of halogens is 2. The van der Waals surface area contributed by atoms with Gasteiger partial charge >= 0.3 is 5.97 Å². The summed E-state index contributed by atoms with van der Waals surface area (Å²) in [5.41, 5.74) is 1.71. The molecule has 2 aromatic carbocycles. The summed E-state index contributed by atoms with van der Waals surface area (Å²) in [7, 11) is 0. The molecule has 1 heterocycles. The van der Waals surface area contributed by atoms with Crippen molar-refractivity contribution in [3.8, 4) is 22.6 Å². The number of nitrogens with zero attached hydrogens (tertiary/aromatic N) is 1. The molecule has 0 saturated heterocycles. The fourth-order valence-electron chi connectivity index (χ4n) is 2.38. The van der Waals surface area contributed by atoms with Gasteiger partial charge in [0.25, 0.3) is 0 Å². The second kappa shape index (κ2) is 6.04. The Hall–Kier alpha value is -2.35. The van der Waals surface area contributed by atoms with Crippen LogP contribution in [0.3, 0.4) is 0 Å². The van der Waals surface area contributed by atoms with Gasteiger partial charge in [-0.15, -0.1) is 0 Å². The number of aromatic hydroxyl groups is 1. The van der Waals surface area contributed by atoms with Gasteiger partial charge in [0.2, 0.25) is 0 Å². The zero-order valence-electron chi connectivity index (χ0n) is 11.7. The topological polar surface area (TPSA) is 62.5 Å². The number of aromatic nitrogens is 1. The average molecular weight is 423 g/mol. The van der Waals surface area contributed by atoms with E-state index in [2.05, 4.69) is 0 Å². The van der Waals surface area contributed by atoms with Crippen molar-refractivity contribution in [1.29, 1.82) is 0 Å². The number of carboxylic acids is 1. The van der Waals surface area contributed by atoms with Gasteiger partial charge in [-0.2, -0.15) is 0 Å². The quantitative estimate of drug-likeness (QED) is 0.618.